The van der Waals surface area contributed by atoms with Crippen molar-refractivity contribution in [2.45, 2.75) is 6.92 Å². The molecule has 0 aliphatic carbocycles. The van der Waals surface area contributed by atoms with Crippen LogP contribution in [0.3, 0.4) is 0 Å². The fourth-order valence-electron chi connectivity index (χ4n) is 1.40. The van der Waals surface area contributed by atoms with Gasteiger partial charge in [0.05, 0.1) is 4.92 Å². The molecule has 100 valence electrons. The maximum absolute atomic E-state index is 11.8. The van der Waals surface area contributed by atoms with Crippen LogP contribution in [0, 0.1) is 10.1 Å². The first kappa shape index (κ1) is 14.4. The highest BCUT2D eigenvalue weighted by atomic mass is 16.6. The minimum atomic E-state index is -1.19. The molecular weight excluding hydrogens is 252 g/mol. The molecule has 0 radical (unpaired) electrons. The SMILES string of the molecule is C=C(C)C(=O)N(CC(=O)O)c1ccc([N+](=O)[O-])cc1. The average Bonchev–Trinajstić information content (AvgIpc) is 2.35. The van der Waals surface area contributed by atoms with E-state index in [-0.39, 0.29) is 16.9 Å². The highest BCUT2D eigenvalue weighted by Gasteiger charge is 2.20. The third-order valence-electron chi connectivity index (χ3n) is 2.28. The van der Waals surface area contributed by atoms with Gasteiger partial charge in [-0.15, -0.1) is 0 Å². The van der Waals surface area contributed by atoms with Gasteiger partial charge < -0.3 is 5.11 Å². The Hall–Kier alpha value is -2.70. The number of non-ortho nitro benzene ring substituents is 1. The predicted octanol–water partition coefficient (Wildman–Crippen LogP) is 1.59. The van der Waals surface area contributed by atoms with E-state index in [1.54, 1.807) is 0 Å². The maximum atomic E-state index is 11.8. The lowest BCUT2D eigenvalue weighted by atomic mass is 10.2. The molecule has 0 saturated carbocycles. The molecule has 0 aliphatic rings. The first-order chi connectivity index (χ1) is 8.82. The summed E-state index contributed by atoms with van der Waals surface area (Å²) in [6, 6.07) is 5.05. The van der Waals surface area contributed by atoms with Crippen molar-refractivity contribution in [1.82, 2.24) is 0 Å². The number of amides is 1. The van der Waals surface area contributed by atoms with Crippen molar-refractivity contribution in [3.63, 3.8) is 0 Å². The van der Waals surface area contributed by atoms with Crippen molar-refractivity contribution < 1.29 is 19.6 Å². The number of hydrogen-bond donors (Lipinski definition) is 1. The maximum Gasteiger partial charge on any atom is 0.323 e. The van der Waals surface area contributed by atoms with Crippen molar-refractivity contribution in [3.8, 4) is 0 Å². The highest BCUT2D eigenvalue weighted by molar-refractivity contribution is 6.07. The zero-order valence-electron chi connectivity index (χ0n) is 10.2. The molecule has 1 aromatic carbocycles. The Labute approximate surface area is 108 Å². The topological polar surface area (TPSA) is 101 Å². The van der Waals surface area contributed by atoms with Crippen LogP contribution >= 0.6 is 0 Å². The molecule has 0 bridgehead atoms. The van der Waals surface area contributed by atoms with Gasteiger partial charge in [-0.3, -0.25) is 24.6 Å². The van der Waals surface area contributed by atoms with Gasteiger partial charge >= 0.3 is 5.97 Å². The summed E-state index contributed by atoms with van der Waals surface area (Å²) in [5, 5.41) is 19.3. The second kappa shape index (κ2) is 5.76. The van der Waals surface area contributed by atoms with Gasteiger partial charge in [0, 0.05) is 23.4 Å². The summed E-state index contributed by atoms with van der Waals surface area (Å²) < 4.78 is 0. The van der Waals surface area contributed by atoms with Gasteiger partial charge in [-0.2, -0.15) is 0 Å². The number of anilines is 1. The lowest BCUT2D eigenvalue weighted by Gasteiger charge is -2.20. The van der Waals surface area contributed by atoms with Gasteiger partial charge in [0.25, 0.3) is 11.6 Å². The van der Waals surface area contributed by atoms with E-state index < -0.39 is 23.3 Å². The minimum Gasteiger partial charge on any atom is -0.480 e. The summed E-state index contributed by atoms with van der Waals surface area (Å²) in [7, 11) is 0. The van der Waals surface area contributed by atoms with Crippen molar-refractivity contribution >= 4 is 23.3 Å². The molecule has 0 heterocycles. The van der Waals surface area contributed by atoms with Crippen molar-refractivity contribution in [2.24, 2.45) is 0 Å². The van der Waals surface area contributed by atoms with E-state index >= 15 is 0 Å². The van der Waals surface area contributed by atoms with E-state index in [1.807, 2.05) is 0 Å². The largest absolute Gasteiger partial charge is 0.480 e. The Bertz CT molecular complexity index is 536. The van der Waals surface area contributed by atoms with E-state index in [0.29, 0.717) is 0 Å². The van der Waals surface area contributed by atoms with Crippen LogP contribution < -0.4 is 4.90 Å². The van der Waals surface area contributed by atoms with Crippen molar-refractivity contribution in [2.75, 3.05) is 11.4 Å². The standard InChI is InChI=1S/C12H12N2O5/c1-8(2)12(17)13(7-11(15)16)9-3-5-10(6-4-9)14(18)19/h3-6H,1,7H2,2H3,(H,15,16). The van der Waals surface area contributed by atoms with Gasteiger partial charge in [0.1, 0.15) is 6.54 Å². The molecule has 0 fully saturated rings. The fourth-order valence-corrected chi connectivity index (χ4v) is 1.40. The normalized spacial score (nSPS) is 9.74. The number of aliphatic carboxylic acids is 1. The monoisotopic (exact) mass is 264 g/mol. The second-order valence-corrected chi connectivity index (χ2v) is 3.84. The molecule has 0 aliphatic heterocycles. The average molecular weight is 264 g/mol. The smallest absolute Gasteiger partial charge is 0.323 e. The molecule has 1 N–H and O–H groups in total. The third kappa shape index (κ3) is 3.63. The summed E-state index contributed by atoms with van der Waals surface area (Å²) in [6.45, 7) is 4.38. The summed E-state index contributed by atoms with van der Waals surface area (Å²) >= 11 is 0. The van der Waals surface area contributed by atoms with Crippen molar-refractivity contribution in [3.05, 3.63) is 46.5 Å². The van der Waals surface area contributed by atoms with Crippen LogP contribution in [-0.2, 0) is 9.59 Å². The van der Waals surface area contributed by atoms with Crippen LogP contribution in [0.25, 0.3) is 0 Å². The van der Waals surface area contributed by atoms with Crippen LogP contribution in [0.2, 0.25) is 0 Å². The number of hydrogen-bond acceptors (Lipinski definition) is 4. The zero-order valence-corrected chi connectivity index (χ0v) is 10.2. The van der Waals surface area contributed by atoms with E-state index in [4.69, 9.17) is 5.11 Å². The second-order valence-electron chi connectivity index (χ2n) is 3.84. The molecule has 1 aromatic rings. The van der Waals surface area contributed by atoms with Gasteiger partial charge in [-0.25, -0.2) is 0 Å². The Morgan fingerprint density at radius 3 is 2.26 bits per heavy atom. The van der Waals surface area contributed by atoms with E-state index in [9.17, 15) is 19.7 Å². The molecule has 0 spiro atoms. The number of rotatable bonds is 5. The molecule has 0 unspecified atom stereocenters. The molecule has 19 heavy (non-hydrogen) atoms. The van der Waals surface area contributed by atoms with Gasteiger partial charge in [-0.05, 0) is 19.1 Å². The first-order valence-electron chi connectivity index (χ1n) is 5.26. The first-order valence-corrected chi connectivity index (χ1v) is 5.26. The van der Waals surface area contributed by atoms with Gasteiger partial charge in [-0.1, -0.05) is 6.58 Å². The Morgan fingerprint density at radius 2 is 1.89 bits per heavy atom. The minimum absolute atomic E-state index is 0.137. The van der Waals surface area contributed by atoms with Crippen LogP contribution in [0.4, 0.5) is 11.4 Å². The van der Waals surface area contributed by atoms with Crippen LogP contribution in [0.15, 0.2) is 36.4 Å². The van der Waals surface area contributed by atoms with Gasteiger partial charge in [0.2, 0.25) is 0 Å². The lowest BCUT2D eigenvalue weighted by Crippen LogP contribution is -2.36. The van der Waals surface area contributed by atoms with Crippen LogP contribution in [0.1, 0.15) is 6.92 Å². The van der Waals surface area contributed by atoms with E-state index in [1.165, 1.54) is 31.2 Å². The number of nitro benzene ring substituents is 1. The molecule has 7 nitrogen and oxygen atoms in total. The Kier molecular flexibility index (Phi) is 4.36. The molecule has 0 aromatic heterocycles. The van der Waals surface area contributed by atoms with Gasteiger partial charge in [0.15, 0.2) is 0 Å². The molecule has 1 amide bonds. The molecule has 1 rings (SSSR count). The number of benzene rings is 1. The number of nitrogens with zero attached hydrogens (tertiary/aromatic N) is 2. The molecular formula is C12H12N2O5. The number of carboxylic acids is 1. The molecule has 7 heteroatoms. The predicted molar refractivity (Wildman–Crippen MR) is 67.9 cm³/mol. The fraction of sp³-hybridized carbons (Fsp3) is 0.167. The number of carboxylic acid groups (broad SMARTS) is 1. The summed E-state index contributed by atoms with van der Waals surface area (Å²) in [5.41, 5.74) is 0.308. The Balaban J connectivity index is 3.10. The Morgan fingerprint density at radius 1 is 1.37 bits per heavy atom. The molecule has 0 saturated heterocycles. The van der Waals surface area contributed by atoms with Crippen LogP contribution in [-0.4, -0.2) is 28.5 Å². The summed E-state index contributed by atoms with van der Waals surface area (Å²) in [6.07, 6.45) is 0. The van der Waals surface area contributed by atoms with Crippen LogP contribution in [0.5, 0.6) is 0 Å². The third-order valence-corrected chi connectivity index (χ3v) is 2.28. The van der Waals surface area contributed by atoms with E-state index in [0.717, 1.165) is 4.90 Å². The highest BCUT2D eigenvalue weighted by Crippen LogP contribution is 2.20. The number of nitro groups is 1. The molecule has 0 atom stereocenters. The lowest BCUT2D eigenvalue weighted by molar-refractivity contribution is -0.384. The van der Waals surface area contributed by atoms with Crippen molar-refractivity contribution in [1.29, 1.82) is 0 Å². The number of carbonyl (C=O) groups is 2. The quantitative estimate of drug-likeness (QED) is 0.494. The summed E-state index contributed by atoms with van der Waals surface area (Å²) in [5.74, 6) is -1.73. The van der Waals surface area contributed by atoms with E-state index in [2.05, 4.69) is 6.58 Å². The summed E-state index contributed by atoms with van der Waals surface area (Å²) in [4.78, 5) is 33.5. The number of carbonyl (C=O) groups excluding carboxylic acids is 1. The zero-order chi connectivity index (χ0) is 14.6.